The van der Waals surface area contributed by atoms with Crippen LogP contribution in [0.3, 0.4) is 0 Å². The monoisotopic (exact) mass is 475 g/mol. The molecule has 4 rings (SSSR count). The number of halogens is 1. The molecule has 0 aromatic carbocycles. The van der Waals surface area contributed by atoms with Gasteiger partial charge in [-0.1, -0.05) is 19.6 Å². The van der Waals surface area contributed by atoms with Crippen LogP contribution < -0.4 is 4.74 Å². The molecule has 0 aliphatic heterocycles. The number of nitrogens with zero attached hydrogens (tertiary/aromatic N) is 5. The van der Waals surface area contributed by atoms with Crippen LogP contribution in [0.5, 0.6) is 5.88 Å². The highest BCUT2D eigenvalue weighted by Crippen LogP contribution is 2.46. The fraction of sp³-hybridized carbons (Fsp3) is 0.500. The standard InChI is InChI=1S/C20H26BrN5O2Si/c1-27-20-16(14(7-8-22-20)13-5-6-13)19-23-11-15-17(24-19)18(21)25-26(15)12-28-9-10-29(2,3)4/h7-8,11,13H,5-6,9-10,12H2,1-4H3. The van der Waals surface area contributed by atoms with Crippen molar-refractivity contribution in [3.05, 3.63) is 28.6 Å². The molecule has 9 heteroatoms. The van der Waals surface area contributed by atoms with Gasteiger partial charge >= 0.3 is 0 Å². The molecule has 0 saturated heterocycles. The van der Waals surface area contributed by atoms with Gasteiger partial charge < -0.3 is 9.47 Å². The van der Waals surface area contributed by atoms with E-state index in [4.69, 9.17) is 14.5 Å². The van der Waals surface area contributed by atoms with Gasteiger partial charge in [0.15, 0.2) is 10.4 Å². The fourth-order valence-electron chi connectivity index (χ4n) is 3.24. The summed E-state index contributed by atoms with van der Waals surface area (Å²) in [5.74, 6) is 1.71. The lowest BCUT2D eigenvalue weighted by atomic mass is 10.0. The van der Waals surface area contributed by atoms with Gasteiger partial charge in [-0.2, -0.15) is 5.10 Å². The molecular formula is C20H26BrN5O2Si. The molecule has 0 spiro atoms. The first-order valence-electron chi connectivity index (χ1n) is 9.87. The Labute approximate surface area is 180 Å². The molecule has 0 bridgehead atoms. The molecule has 29 heavy (non-hydrogen) atoms. The van der Waals surface area contributed by atoms with Gasteiger partial charge in [-0.15, -0.1) is 0 Å². The lowest BCUT2D eigenvalue weighted by Crippen LogP contribution is -2.22. The van der Waals surface area contributed by atoms with Gasteiger partial charge in [0.05, 0.1) is 18.9 Å². The molecule has 0 unspecified atom stereocenters. The molecule has 3 aromatic heterocycles. The maximum atomic E-state index is 5.86. The number of pyridine rings is 1. The Morgan fingerprint density at radius 3 is 2.72 bits per heavy atom. The first-order chi connectivity index (χ1) is 13.9. The van der Waals surface area contributed by atoms with Crippen molar-refractivity contribution in [3.8, 4) is 17.3 Å². The lowest BCUT2D eigenvalue weighted by Gasteiger charge is -2.15. The summed E-state index contributed by atoms with van der Waals surface area (Å²) in [7, 11) is 0.518. The van der Waals surface area contributed by atoms with Crippen molar-refractivity contribution in [3.63, 3.8) is 0 Å². The molecule has 0 atom stereocenters. The van der Waals surface area contributed by atoms with Gasteiger partial charge in [0.25, 0.3) is 0 Å². The maximum absolute atomic E-state index is 5.86. The zero-order valence-corrected chi connectivity index (χ0v) is 19.9. The second-order valence-corrected chi connectivity index (χ2v) is 15.0. The number of methoxy groups -OCH3 is 1. The Hall–Kier alpha value is -1.84. The number of rotatable bonds is 8. The first kappa shape index (κ1) is 20.4. The van der Waals surface area contributed by atoms with Crippen LogP contribution >= 0.6 is 15.9 Å². The number of hydrogen-bond donors (Lipinski definition) is 0. The minimum Gasteiger partial charge on any atom is -0.480 e. The van der Waals surface area contributed by atoms with E-state index < -0.39 is 8.07 Å². The molecule has 154 valence electrons. The molecule has 1 aliphatic rings. The smallest absolute Gasteiger partial charge is 0.224 e. The molecule has 0 N–H and O–H groups in total. The Morgan fingerprint density at radius 2 is 2.03 bits per heavy atom. The van der Waals surface area contributed by atoms with E-state index in [1.807, 2.05) is 6.07 Å². The molecule has 3 heterocycles. The van der Waals surface area contributed by atoms with Crippen molar-refractivity contribution in [2.45, 2.75) is 51.2 Å². The number of aromatic nitrogens is 5. The Balaban J connectivity index is 1.64. The number of fused-ring (bicyclic) bond motifs is 1. The van der Waals surface area contributed by atoms with E-state index in [1.54, 1.807) is 24.2 Å². The van der Waals surface area contributed by atoms with Gasteiger partial charge in [-0.25, -0.2) is 19.6 Å². The van der Waals surface area contributed by atoms with Crippen molar-refractivity contribution >= 4 is 35.0 Å². The third-order valence-corrected chi connectivity index (χ3v) is 7.28. The Bertz CT molecular complexity index is 1030. The lowest BCUT2D eigenvalue weighted by molar-refractivity contribution is 0.0814. The summed E-state index contributed by atoms with van der Waals surface area (Å²) in [6, 6.07) is 3.17. The SMILES string of the molecule is COc1nccc(C2CC2)c1-c1ncc2c(n1)c(Br)nn2COCC[Si](C)(C)C. The van der Waals surface area contributed by atoms with Crippen LogP contribution in [0.25, 0.3) is 22.4 Å². The van der Waals surface area contributed by atoms with E-state index in [-0.39, 0.29) is 0 Å². The third kappa shape index (κ3) is 4.51. The Kier molecular flexibility index (Phi) is 5.72. The zero-order valence-electron chi connectivity index (χ0n) is 17.3. The van der Waals surface area contributed by atoms with E-state index in [0.29, 0.717) is 29.0 Å². The summed E-state index contributed by atoms with van der Waals surface area (Å²) >= 11 is 3.54. The second-order valence-electron chi connectivity index (χ2n) is 8.62. The van der Waals surface area contributed by atoms with Gasteiger partial charge in [0, 0.05) is 20.9 Å². The maximum Gasteiger partial charge on any atom is 0.224 e. The third-order valence-electron chi connectivity index (χ3n) is 5.04. The van der Waals surface area contributed by atoms with Crippen molar-refractivity contribution in [1.82, 2.24) is 24.7 Å². The van der Waals surface area contributed by atoms with Gasteiger partial charge in [-0.3, -0.25) is 0 Å². The van der Waals surface area contributed by atoms with Gasteiger partial charge in [-0.05, 0) is 52.4 Å². The normalized spacial score (nSPS) is 14.5. The Morgan fingerprint density at radius 1 is 1.24 bits per heavy atom. The average molecular weight is 476 g/mol. The van der Waals surface area contributed by atoms with Gasteiger partial charge in [0.2, 0.25) is 5.88 Å². The minimum atomic E-state index is -1.11. The van der Waals surface area contributed by atoms with Crippen molar-refractivity contribution in [2.24, 2.45) is 0 Å². The average Bonchev–Trinajstić information content (AvgIpc) is 3.49. The molecule has 7 nitrogen and oxygen atoms in total. The minimum absolute atomic E-state index is 0.388. The highest BCUT2D eigenvalue weighted by atomic mass is 79.9. The van der Waals surface area contributed by atoms with Crippen LogP contribution in [0.2, 0.25) is 25.7 Å². The van der Waals surface area contributed by atoms with Crippen LogP contribution in [0.1, 0.15) is 24.3 Å². The molecule has 1 aliphatic carbocycles. The van der Waals surface area contributed by atoms with E-state index in [1.165, 1.54) is 18.4 Å². The molecule has 1 saturated carbocycles. The summed E-state index contributed by atoms with van der Waals surface area (Å²) in [6.07, 6.45) is 5.96. The highest BCUT2D eigenvalue weighted by Gasteiger charge is 2.30. The molecule has 0 radical (unpaired) electrons. The van der Waals surface area contributed by atoms with Crippen LogP contribution in [-0.2, 0) is 11.5 Å². The summed E-state index contributed by atoms with van der Waals surface area (Å²) in [4.78, 5) is 13.8. The van der Waals surface area contributed by atoms with E-state index in [9.17, 15) is 0 Å². The van der Waals surface area contributed by atoms with Crippen LogP contribution in [0, 0.1) is 0 Å². The molecular weight excluding hydrogens is 450 g/mol. The zero-order chi connectivity index (χ0) is 20.6. The van der Waals surface area contributed by atoms with Crippen LogP contribution in [0.4, 0.5) is 0 Å². The van der Waals surface area contributed by atoms with E-state index in [0.717, 1.165) is 29.2 Å². The quantitative estimate of drug-likeness (QED) is 0.342. The predicted octanol–water partition coefficient (Wildman–Crippen LogP) is 4.85. The van der Waals surface area contributed by atoms with Crippen molar-refractivity contribution in [2.75, 3.05) is 13.7 Å². The summed E-state index contributed by atoms with van der Waals surface area (Å²) in [6.45, 7) is 8.15. The highest BCUT2D eigenvalue weighted by molar-refractivity contribution is 9.10. The first-order valence-corrected chi connectivity index (χ1v) is 14.4. The van der Waals surface area contributed by atoms with Crippen molar-refractivity contribution < 1.29 is 9.47 Å². The molecule has 1 fully saturated rings. The predicted molar refractivity (Wildman–Crippen MR) is 119 cm³/mol. The van der Waals surface area contributed by atoms with Crippen LogP contribution in [-0.4, -0.2) is 46.5 Å². The van der Waals surface area contributed by atoms with Crippen molar-refractivity contribution in [1.29, 1.82) is 0 Å². The van der Waals surface area contributed by atoms with E-state index in [2.05, 4.69) is 50.6 Å². The number of ether oxygens (including phenoxy) is 2. The molecule has 0 amide bonds. The fourth-order valence-corrected chi connectivity index (χ4v) is 4.48. The summed E-state index contributed by atoms with van der Waals surface area (Å²) < 4.78 is 13.9. The summed E-state index contributed by atoms with van der Waals surface area (Å²) in [5.41, 5.74) is 3.68. The largest absolute Gasteiger partial charge is 0.480 e. The van der Waals surface area contributed by atoms with Crippen LogP contribution in [0.15, 0.2) is 23.1 Å². The topological polar surface area (TPSA) is 75.0 Å². The van der Waals surface area contributed by atoms with E-state index >= 15 is 0 Å². The second kappa shape index (κ2) is 8.12. The molecule has 3 aromatic rings. The number of hydrogen-bond acceptors (Lipinski definition) is 6. The van der Waals surface area contributed by atoms with Gasteiger partial charge in [0.1, 0.15) is 17.8 Å². The summed E-state index contributed by atoms with van der Waals surface area (Å²) in [5, 5.41) is 4.54.